The Morgan fingerprint density at radius 3 is 2.66 bits per heavy atom. The lowest BCUT2D eigenvalue weighted by molar-refractivity contribution is -0.145. The molecule has 0 aliphatic carbocycles. The number of nitrogens with zero attached hydrogens (tertiary/aromatic N) is 3. The van der Waals surface area contributed by atoms with Crippen molar-refractivity contribution in [2.24, 2.45) is 10.9 Å². The molecule has 1 aliphatic heterocycles. The highest BCUT2D eigenvalue weighted by Gasteiger charge is 2.23. The minimum atomic E-state index is -0.509. The number of nitrogen functional groups attached to an aromatic ring is 2. The topological polar surface area (TPSA) is 146 Å². The minimum absolute atomic E-state index is 0.0246. The van der Waals surface area contributed by atoms with Gasteiger partial charge in [-0.3, -0.25) is 14.6 Å². The Balaban J connectivity index is 1.29. The number of unbranched alkanes of at least 4 members (excludes halogenated alkanes) is 2. The highest BCUT2D eigenvalue weighted by atomic mass is 35.5. The Hall–Kier alpha value is -3.20. The van der Waals surface area contributed by atoms with E-state index in [0.29, 0.717) is 37.7 Å². The molecule has 32 heavy (non-hydrogen) atoms. The monoisotopic (exact) mass is 458 g/mol. The van der Waals surface area contributed by atoms with E-state index in [1.807, 2.05) is 30.3 Å². The average Bonchev–Trinajstić information content (AvgIpc) is 3.22. The molecule has 5 N–H and O–H groups in total. The van der Waals surface area contributed by atoms with Crippen LogP contribution in [0, 0.1) is 5.92 Å². The van der Waals surface area contributed by atoms with E-state index in [1.54, 1.807) is 0 Å². The second-order valence-corrected chi connectivity index (χ2v) is 8.05. The molecule has 1 unspecified atom stereocenters. The van der Waals surface area contributed by atoms with Crippen LogP contribution in [0.1, 0.15) is 54.6 Å². The molecule has 0 saturated carbocycles. The molecule has 1 aromatic carbocycles. The number of carbonyl (C=O) groups excluding carboxylic acids is 2. The lowest BCUT2D eigenvalue weighted by Crippen LogP contribution is -2.31. The fraction of sp³-hybridized carbons (Fsp3) is 0.409. The number of halogens is 1. The molecule has 0 fully saturated rings. The Morgan fingerprint density at radius 1 is 1.09 bits per heavy atom. The number of hydrogen-bond donors (Lipinski definition) is 3. The molecule has 9 nitrogen and oxygen atoms in total. The molecular formula is C22H27ClN6O3. The zero-order valence-corrected chi connectivity index (χ0v) is 18.5. The molecule has 10 heteroatoms. The molecule has 1 amide bonds. The highest BCUT2D eigenvalue weighted by Crippen LogP contribution is 2.21. The molecule has 0 bridgehead atoms. The summed E-state index contributed by atoms with van der Waals surface area (Å²) in [4.78, 5) is 36.3. The first-order chi connectivity index (χ1) is 15.4. The van der Waals surface area contributed by atoms with E-state index in [4.69, 9.17) is 27.8 Å². The van der Waals surface area contributed by atoms with Gasteiger partial charge in [-0.05, 0) is 24.3 Å². The molecule has 0 radical (unpaired) electrons. The second kappa shape index (κ2) is 11.4. The third-order valence-electron chi connectivity index (χ3n) is 5.14. The van der Waals surface area contributed by atoms with Crippen molar-refractivity contribution in [3.05, 3.63) is 46.7 Å². The number of ether oxygens (including phenoxy) is 1. The summed E-state index contributed by atoms with van der Waals surface area (Å²) in [5.74, 6) is 0.163. The molecule has 0 saturated heterocycles. The summed E-state index contributed by atoms with van der Waals surface area (Å²) in [5, 5.41) is 2.65. The Morgan fingerprint density at radius 2 is 1.88 bits per heavy atom. The number of amidine groups is 1. The summed E-state index contributed by atoms with van der Waals surface area (Å²) >= 11 is 5.82. The molecule has 170 valence electrons. The highest BCUT2D eigenvalue weighted by molar-refractivity contribution is 6.31. The van der Waals surface area contributed by atoms with Crippen molar-refractivity contribution >= 4 is 40.9 Å². The number of nitrogens with two attached hydrogens (primary N) is 2. The number of carbonyl (C=O) groups is 2. The van der Waals surface area contributed by atoms with Crippen LogP contribution in [-0.2, 0) is 16.1 Å². The first-order valence-corrected chi connectivity index (χ1v) is 10.9. The number of aromatic nitrogens is 2. The molecule has 1 aliphatic rings. The van der Waals surface area contributed by atoms with Crippen LogP contribution in [0.5, 0.6) is 0 Å². The lowest BCUT2D eigenvalue weighted by atomic mass is 9.99. The van der Waals surface area contributed by atoms with Gasteiger partial charge in [0.05, 0.1) is 0 Å². The van der Waals surface area contributed by atoms with E-state index in [0.717, 1.165) is 31.2 Å². The first-order valence-electron chi connectivity index (χ1n) is 10.5. The fourth-order valence-corrected chi connectivity index (χ4v) is 3.54. The van der Waals surface area contributed by atoms with Gasteiger partial charge in [0.25, 0.3) is 5.91 Å². The summed E-state index contributed by atoms with van der Waals surface area (Å²) in [5.41, 5.74) is 12.2. The molecule has 1 atom stereocenters. The van der Waals surface area contributed by atoms with Crippen LogP contribution in [0.3, 0.4) is 0 Å². The number of nitrogens with one attached hydrogen (secondary N) is 1. The van der Waals surface area contributed by atoms with Crippen molar-refractivity contribution in [3.8, 4) is 0 Å². The number of benzene rings is 1. The van der Waals surface area contributed by atoms with Crippen LogP contribution in [0.2, 0.25) is 5.15 Å². The summed E-state index contributed by atoms with van der Waals surface area (Å²) < 4.78 is 5.29. The first kappa shape index (κ1) is 23.5. The van der Waals surface area contributed by atoms with Gasteiger partial charge in [-0.15, -0.1) is 0 Å². The molecule has 0 spiro atoms. The van der Waals surface area contributed by atoms with Crippen LogP contribution < -0.4 is 16.8 Å². The van der Waals surface area contributed by atoms with E-state index in [9.17, 15) is 9.59 Å². The van der Waals surface area contributed by atoms with E-state index < -0.39 is 5.91 Å². The summed E-state index contributed by atoms with van der Waals surface area (Å²) in [6.45, 7) is 0.964. The predicted octanol–water partition coefficient (Wildman–Crippen LogP) is 3.14. The molecule has 2 aromatic rings. The van der Waals surface area contributed by atoms with Gasteiger partial charge in [-0.1, -0.05) is 54.8 Å². The number of hydrogen-bond acceptors (Lipinski definition) is 8. The maximum Gasteiger partial charge on any atom is 0.306 e. The zero-order valence-electron chi connectivity index (χ0n) is 17.7. The summed E-state index contributed by atoms with van der Waals surface area (Å²) in [6, 6.07) is 9.63. The van der Waals surface area contributed by atoms with Gasteiger partial charge in [0.2, 0.25) is 0 Å². The van der Waals surface area contributed by atoms with Crippen LogP contribution in [-0.4, -0.2) is 34.2 Å². The van der Waals surface area contributed by atoms with E-state index in [2.05, 4.69) is 20.3 Å². The van der Waals surface area contributed by atoms with E-state index in [1.165, 1.54) is 0 Å². The predicted molar refractivity (Wildman–Crippen MR) is 123 cm³/mol. The largest absolute Gasteiger partial charge is 0.461 e. The van der Waals surface area contributed by atoms with Gasteiger partial charge in [0.1, 0.15) is 12.4 Å². The number of anilines is 2. The minimum Gasteiger partial charge on any atom is -0.461 e. The van der Waals surface area contributed by atoms with E-state index in [-0.39, 0.29) is 28.5 Å². The van der Waals surface area contributed by atoms with Crippen molar-refractivity contribution in [2.75, 3.05) is 18.0 Å². The van der Waals surface area contributed by atoms with Crippen molar-refractivity contribution in [3.63, 3.8) is 0 Å². The SMILES string of the molecule is Nc1nc(N)c(C(=O)NC2=NCC(CCCCCC(=O)OCc3ccccc3)C2)nc1Cl. The van der Waals surface area contributed by atoms with Crippen molar-refractivity contribution in [1.29, 1.82) is 0 Å². The standard InChI is InChI=1S/C22H27ClN6O3/c23-19-21(25)29-20(24)18(28-19)22(31)27-16-11-15(12-26-16)9-5-2-6-10-17(30)32-13-14-7-3-1-4-8-14/h1,3-4,7-8,15H,2,5-6,9-13H2,(H4,24,25,29)(H,26,27,31). The lowest BCUT2D eigenvalue weighted by Gasteiger charge is -2.10. The summed E-state index contributed by atoms with van der Waals surface area (Å²) in [7, 11) is 0. The third-order valence-corrected chi connectivity index (χ3v) is 5.41. The average molecular weight is 459 g/mol. The molecular weight excluding hydrogens is 432 g/mol. The molecule has 2 heterocycles. The number of rotatable bonds is 9. The van der Waals surface area contributed by atoms with Crippen molar-refractivity contribution in [1.82, 2.24) is 15.3 Å². The van der Waals surface area contributed by atoms with Gasteiger partial charge >= 0.3 is 5.97 Å². The van der Waals surface area contributed by atoms with Crippen LogP contribution in [0.4, 0.5) is 11.6 Å². The Labute approximate surface area is 191 Å². The van der Waals surface area contributed by atoms with Gasteiger partial charge in [-0.25, -0.2) is 9.97 Å². The van der Waals surface area contributed by atoms with Crippen LogP contribution in [0.25, 0.3) is 0 Å². The Bertz CT molecular complexity index is 983. The number of aliphatic imine (C=N–C) groups is 1. The molecule has 3 rings (SSSR count). The van der Waals surface area contributed by atoms with Gasteiger partial charge in [-0.2, -0.15) is 0 Å². The van der Waals surface area contributed by atoms with Gasteiger partial charge < -0.3 is 21.5 Å². The second-order valence-electron chi connectivity index (χ2n) is 7.69. The van der Waals surface area contributed by atoms with Gasteiger partial charge in [0.15, 0.2) is 22.5 Å². The third kappa shape index (κ3) is 6.91. The smallest absolute Gasteiger partial charge is 0.306 e. The Kier molecular flexibility index (Phi) is 8.38. The number of esters is 1. The van der Waals surface area contributed by atoms with Crippen molar-refractivity contribution < 1.29 is 14.3 Å². The van der Waals surface area contributed by atoms with E-state index >= 15 is 0 Å². The summed E-state index contributed by atoms with van der Waals surface area (Å²) in [6.07, 6.45) is 4.77. The number of amides is 1. The fourth-order valence-electron chi connectivity index (χ4n) is 3.41. The quantitative estimate of drug-likeness (QED) is 0.386. The van der Waals surface area contributed by atoms with Gasteiger partial charge in [0, 0.05) is 19.4 Å². The van der Waals surface area contributed by atoms with Crippen LogP contribution in [0.15, 0.2) is 35.3 Å². The molecule has 1 aromatic heterocycles. The van der Waals surface area contributed by atoms with Crippen LogP contribution >= 0.6 is 11.6 Å². The maximum atomic E-state index is 12.4. The normalized spacial score (nSPS) is 15.3. The maximum absolute atomic E-state index is 12.4. The van der Waals surface area contributed by atoms with Crippen molar-refractivity contribution in [2.45, 2.75) is 45.1 Å². The zero-order chi connectivity index (χ0) is 22.9.